The van der Waals surface area contributed by atoms with Crippen molar-refractivity contribution in [1.29, 1.82) is 5.26 Å². The number of carbonyl (C=O) groups is 1. The van der Waals surface area contributed by atoms with Crippen molar-refractivity contribution in [1.82, 2.24) is 14.8 Å². The van der Waals surface area contributed by atoms with Crippen LogP contribution in [0.15, 0.2) is 43.2 Å². The van der Waals surface area contributed by atoms with Crippen molar-refractivity contribution in [3.63, 3.8) is 0 Å². The summed E-state index contributed by atoms with van der Waals surface area (Å²) in [6.45, 7) is 6.10. The minimum Gasteiger partial charge on any atom is -0.478 e. The van der Waals surface area contributed by atoms with Gasteiger partial charge in [-0.1, -0.05) is 24.2 Å². The number of hydrogen-bond acceptors (Lipinski definition) is 4. The topological polar surface area (TPSA) is 91.8 Å². The van der Waals surface area contributed by atoms with Gasteiger partial charge in [0.1, 0.15) is 6.07 Å². The zero-order chi connectivity index (χ0) is 19.6. The van der Waals surface area contributed by atoms with E-state index in [1.807, 2.05) is 19.1 Å². The third-order valence-electron chi connectivity index (χ3n) is 4.18. The Morgan fingerprint density at radius 1 is 1.41 bits per heavy atom. The largest absolute Gasteiger partial charge is 0.478 e. The number of aromatic nitrogens is 3. The fraction of sp³-hybridized carbons (Fsp3) is 0.100. The van der Waals surface area contributed by atoms with E-state index in [1.54, 1.807) is 35.2 Å². The van der Waals surface area contributed by atoms with Crippen LogP contribution < -0.4 is 0 Å². The van der Waals surface area contributed by atoms with E-state index in [4.69, 9.17) is 22.0 Å². The van der Waals surface area contributed by atoms with E-state index in [9.17, 15) is 4.79 Å². The molecule has 0 fully saturated rings. The lowest BCUT2D eigenvalue weighted by molar-refractivity contribution is 0.0696. The van der Waals surface area contributed by atoms with Crippen molar-refractivity contribution in [3.05, 3.63) is 76.3 Å². The minimum absolute atomic E-state index is 0.125. The molecule has 1 N–H and O–H groups in total. The first kappa shape index (κ1) is 18.4. The molecule has 0 radical (unpaired) electrons. The van der Waals surface area contributed by atoms with Gasteiger partial charge in [-0.25, -0.2) is 4.79 Å². The number of hydrogen-bond donors (Lipinski definition) is 1. The highest BCUT2D eigenvalue weighted by atomic mass is 35.5. The van der Waals surface area contributed by atoms with Gasteiger partial charge < -0.3 is 5.11 Å². The highest BCUT2D eigenvalue weighted by Crippen LogP contribution is 2.31. The molecule has 0 bridgehead atoms. The first-order chi connectivity index (χ1) is 12.9. The molecule has 0 saturated heterocycles. The molecule has 0 aliphatic rings. The van der Waals surface area contributed by atoms with E-state index >= 15 is 0 Å². The van der Waals surface area contributed by atoms with Crippen molar-refractivity contribution in [2.75, 3.05) is 0 Å². The lowest BCUT2D eigenvalue weighted by Crippen LogP contribution is -2.06. The molecule has 0 atom stereocenters. The maximum absolute atomic E-state index is 11.1. The Hall–Kier alpha value is -3.43. The molecule has 0 saturated carbocycles. The summed E-state index contributed by atoms with van der Waals surface area (Å²) in [6.07, 6.45) is 4.57. The average molecular weight is 379 g/mol. The lowest BCUT2D eigenvalue weighted by atomic mass is 10.0. The molecular weight excluding hydrogens is 364 g/mol. The first-order valence-corrected chi connectivity index (χ1v) is 8.39. The number of pyridine rings is 1. The van der Waals surface area contributed by atoms with Crippen LogP contribution >= 0.6 is 11.6 Å². The van der Waals surface area contributed by atoms with E-state index in [-0.39, 0.29) is 5.56 Å². The van der Waals surface area contributed by atoms with E-state index in [2.05, 4.69) is 16.7 Å². The normalized spacial score (nSPS) is 10.4. The average Bonchev–Trinajstić information content (AvgIpc) is 2.97. The molecule has 6 nitrogen and oxygen atoms in total. The van der Waals surface area contributed by atoms with Gasteiger partial charge in [-0.05, 0) is 42.3 Å². The summed E-state index contributed by atoms with van der Waals surface area (Å²) in [5.74, 6) is -1.03. The highest BCUT2D eigenvalue weighted by molar-refractivity contribution is 6.32. The van der Waals surface area contributed by atoms with Crippen LogP contribution in [-0.2, 0) is 6.54 Å². The molecule has 1 aromatic carbocycles. The smallest absolute Gasteiger partial charge is 0.337 e. The number of carboxylic acids is 1. The Kier molecular flexibility index (Phi) is 5.06. The van der Waals surface area contributed by atoms with Crippen LogP contribution in [0.2, 0.25) is 5.02 Å². The van der Waals surface area contributed by atoms with Crippen molar-refractivity contribution in [3.8, 4) is 17.2 Å². The number of aromatic carboxylic acids is 1. The van der Waals surface area contributed by atoms with Gasteiger partial charge in [-0.3, -0.25) is 9.67 Å². The number of carboxylic acid groups (broad SMARTS) is 1. The van der Waals surface area contributed by atoms with Gasteiger partial charge in [-0.15, -0.1) is 0 Å². The van der Waals surface area contributed by atoms with Gasteiger partial charge in [0.05, 0.1) is 28.4 Å². The molecule has 0 aliphatic heterocycles. The van der Waals surface area contributed by atoms with Crippen LogP contribution in [-0.4, -0.2) is 25.8 Å². The second-order valence-electron chi connectivity index (χ2n) is 5.90. The maximum Gasteiger partial charge on any atom is 0.337 e. The summed E-state index contributed by atoms with van der Waals surface area (Å²) >= 11 is 6.17. The summed E-state index contributed by atoms with van der Waals surface area (Å²) in [6, 6.07) is 8.83. The third kappa shape index (κ3) is 3.59. The van der Waals surface area contributed by atoms with Crippen LogP contribution in [0.3, 0.4) is 0 Å². The summed E-state index contributed by atoms with van der Waals surface area (Å²) < 4.78 is 1.76. The SMILES string of the molecule is C=Cc1nn(Cc2cncc(C(=O)O)c2)c(C)c1-c1ccc(C#N)c(Cl)c1. The van der Waals surface area contributed by atoms with E-state index in [1.165, 1.54) is 6.20 Å². The molecule has 7 heteroatoms. The zero-order valence-electron chi connectivity index (χ0n) is 14.5. The van der Waals surface area contributed by atoms with Gasteiger partial charge in [-0.2, -0.15) is 10.4 Å². The fourth-order valence-corrected chi connectivity index (χ4v) is 3.07. The molecule has 27 heavy (non-hydrogen) atoms. The Morgan fingerprint density at radius 2 is 2.19 bits per heavy atom. The van der Waals surface area contributed by atoms with Crippen molar-refractivity contribution in [2.24, 2.45) is 0 Å². The summed E-state index contributed by atoms with van der Waals surface area (Å²) in [5, 5.41) is 23.1. The molecule has 0 unspecified atom stereocenters. The van der Waals surface area contributed by atoms with Crippen molar-refractivity contribution >= 4 is 23.6 Å². The molecular formula is C20H15ClN4O2. The van der Waals surface area contributed by atoms with Gasteiger partial charge >= 0.3 is 5.97 Å². The van der Waals surface area contributed by atoms with Gasteiger partial charge in [0.25, 0.3) is 0 Å². The Bertz CT molecular complexity index is 1100. The summed E-state index contributed by atoms with van der Waals surface area (Å²) in [5.41, 5.74) is 4.49. The van der Waals surface area contributed by atoms with Crippen molar-refractivity contribution in [2.45, 2.75) is 13.5 Å². The van der Waals surface area contributed by atoms with E-state index in [0.717, 1.165) is 22.4 Å². The molecule has 0 aliphatic carbocycles. The fourth-order valence-electron chi connectivity index (χ4n) is 2.85. The molecule has 2 aromatic heterocycles. The number of nitrogens with zero attached hydrogens (tertiary/aromatic N) is 4. The minimum atomic E-state index is -1.03. The third-order valence-corrected chi connectivity index (χ3v) is 4.49. The standard InChI is InChI=1S/C20H15ClN4O2/c1-3-18-19(14-4-5-15(8-22)17(21)7-14)12(2)25(24-18)11-13-6-16(20(26)27)10-23-9-13/h3-7,9-10H,1,11H2,2H3,(H,26,27). The Morgan fingerprint density at radius 3 is 2.81 bits per heavy atom. The van der Waals surface area contributed by atoms with Gasteiger partial charge in [0.15, 0.2) is 0 Å². The maximum atomic E-state index is 11.1. The Balaban J connectivity index is 2.04. The Labute approximate surface area is 161 Å². The summed E-state index contributed by atoms with van der Waals surface area (Å²) in [7, 11) is 0. The second kappa shape index (κ2) is 7.44. The van der Waals surface area contributed by atoms with E-state index < -0.39 is 5.97 Å². The van der Waals surface area contributed by atoms with Crippen LogP contribution in [0.4, 0.5) is 0 Å². The first-order valence-electron chi connectivity index (χ1n) is 8.01. The van der Waals surface area contributed by atoms with Gasteiger partial charge in [0, 0.05) is 23.7 Å². The van der Waals surface area contributed by atoms with Crippen molar-refractivity contribution < 1.29 is 9.90 Å². The molecule has 134 valence electrons. The zero-order valence-corrected chi connectivity index (χ0v) is 15.2. The van der Waals surface area contributed by atoms with Crippen LogP contribution in [0.1, 0.15) is 32.9 Å². The molecule has 2 heterocycles. The van der Waals surface area contributed by atoms with Crippen LogP contribution in [0, 0.1) is 18.3 Å². The molecule has 0 amide bonds. The quantitative estimate of drug-likeness (QED) is 0.719. The molecule has 3 rings (SSSR count). The second-order valence-corrected chi connectivity index (χ2v) is 6.31. The predicted octanol–water partition coefficient (Wildman–Crippen LogP) is 4.17. The number of benzene rings is 1. The summed E-state index contributed by atoms with van der Waals surface area (Å²) in [4.78, 5) is 15.1. The number of halogens is 1. The van der Waals surface area contributed by atoms with Gasteiger partial charge in [0.2, 0.25) is 0 Å². The highest BCUT2D eigenvalue weighted by Gasteiger charge is 2.16. The van der Waals surface area contributed by atoms with Crippen LogP contribution in [0.5, 0.6) is 0 Å². The number of rotatable bonds is 5. The molecule has 0 spiro atoms. The van der Waals surface area contributed by atoms with Crippen LogP contribution in [0.25, 0.3) is 17.2 Å². The lowest BCUT2D eigenvalue weighted by Gasteiger charge is -2.07. The monoisotopic (exact) mass is 378 g/mol. The number of nitriles is 1. The van der Waals surface area contributed by atoms with E-state index in [0.29, 0.717) is 22.8 Å². The molecule has 3 aromatic rings. The predicted molar refractivity (Wildman–Crippen MR) is 103 cm³/mol.